The normalized spacial score (nSPS) is 17.1. The van der Waals surface area contributed by atoms with Gasteiger partial charge < -0.3 is 15.7 Å². The second-order valence-corrected chi connectivity index (χ2v) is 8.39. The van der Waals surface area contributed by atoms with Crippen molar-refractivity contribution in [1.29, 1.82) is 0 Å². The largest absolute Gasteiger partial charge is 0.481 e. The maximum atomic E-state index is 11.4. The van der Waals surface area contributed by atoms with Gasteiger partial charge in [-0.1, -0.05) is 6.07 Å². The summed E-state index contributed by atoms with van der Waals surface area (Å²) < 4.78 is 0. The molecule has 1 aromatic carbocycles. The summed E-state index contributed by atoms with van der Waals surface area (Å²) in [7, 11) is 0. The number of carboxylic acid groups (broad SMARTS) is 1. The number of hydrogen-bond donors (Lipinski definition) is 2. The first kappa shape index (κ1) is 18.9. The summed E-state index contributed by atoms with van der Waals surface area (Å²) in [4.78, 5) is 22.9. The van der Waals surface area contributed by atoms with E-state index in [0.717, 1.165) is 48.0 Å². The predicted molar refractivity (Wildman–Crippen MR) is 119 cm³/mol. The Labute approximate surface area is 175 Å². The quantitative estimate of drug-likeness (QED) is 0.686. The number of rotatable bonds is 3. The lowest BCUT2D eigenvalue weighted by Crippen LogP contribution is -2.37. The zero-order valence-corrected chi connectivity index (χ0v) is 17.0. The van der Waals surface area contributed by atoms with Crippen LogP contribution >= 0.6 is 0 Å². The van der Waals surface area contributed by atoms with Crippen LogP contribution in [0.2, 0.25) is 0 Å². The average molecular weight is 402 g/mol. The van der Waals surface area contributed by atoms with Crippen LogP contribution < -0.4 is 10.6 Å². The van der Waals surface area contributed by atoms with Crippen molar-refractivity contribution in [3.05, 3.63) is 47.8 Å². The minimum Gasteiger partial charge on any atom is -0.481 e. The van der Waals surface area contributed by atoms with Crippen LogP contribution in [-0.2, 0) is 17.6 Å². The van der Waals surface area contributed by atoms with Gasteiger partial charge in [0.2, 0.25) is 0 Å². The van der Waals surface area contributed by atoms with E-state index in [4.69, 9.17) is 10.7 Å². The average Bonchev–Trinajstić information content (AvgIpc) is 2.77. The van der Waals surface area contributed by atoms with Crippen LogP contribution in [-0.4, -0.2) is 34.1 Å². The molecule has 0 radical (unpaired) electrons. The highest BCUT2D eigenvalue weighted by atomic mass is 16.4. The maximum absolute atomic E-state index is 11.4. The van der Waals surface area contributed by atoms with Crippen molar-refractivity contribution in [3.8, 4) is 11.1 Å². The molecule has 1 aliphatic heterocycles. The van der Waals surface area contributed by atoms with Crippen molar-refractivity contribution >= 4 is 28.4 Å². The number of anilines is 2. The van der Waals surface area contributed by atoms with Gasteiger partial charge in [-0.2, -0.15) is 0 Å². The molecule has 6 nitrogen and oxygen atoms in total. The minimum atomic E-state index is -0.672. The number of nitrogens with two attached hydrogens (primary N) is 1. The first-order valence-electron chi connectivity index (χ1n) is 10.8. The number of aromatic nitrogens is 2. The number of benzene rings is 1. The number of carboxylic acids is 1. The number of aliphatic carboxylic acids is 1. The van der Waals surface area contributed by atoms with E-state index in [9.17, 15) is 9.90 Å². The van der Waals surface area contributed by atoms with E-state index in [1.807, 2.05) is 12.1 Å². The van der Waals surface area contributed by atoms with E-state index in [1.54, 1.807) is 6.20 Å². The van der Waals surface area contributed by atoms with Gasteiger partial charge in [0.05, 0.1) is 17.1 Å². The molecule has 2 aliphatic rings. The standard InChI is InChI=1S/C24H26N4O2/c25-22-14-17(7-10-26-22)16-5-6-21-19(13-16)23(18-3-1-2-4-20(18)27-21)28-11-8-15(9-12-28)24(29)30/h5-7,10,13-15H,1-4,8-9,11-12H2,(H2,25,26)(H,29,30). The second kappa shape index (κ2) is 7.59. The molecule has 30 heavy (non-hydrogen) atoms. The smallest absolute Gasteiger partial charge is 0.306 e. The molecule has 2 aromatic heterocycles. The molecule has 1 saturated heterocycles. The van der Waals surface area contributed by atoms with E-state index in [2.05, 4.69) is 28.1 Å². The van der Waals surface area contributed by atoms with Gasteiger partial charge in [-0.05, 0) is 79.5 Å². The van der Waals surface area contributed by atoms with Crippen LogP contribution in [0.25, 0.3) is 22.0 Å². The fraction of sp³-hybridized carbons (Fsp3) is 0.375. The molecule has 3 N–H and O–H groups in total. The van der Waals surface area contributed by atoms with Gasteiger partial charge in [0.15, 0.2) is 0 Å². The Hall–Kier alpha value is -3.15. The highest BCUT2D eigenvalue weighted by molar-refractivity contribution is 5.97. The molecule has 0 atom stereocenters. The Balaban J connectivity index is 1.64. The summed E-state index contributed by atoms with van der Waals surface area (Å²) in [5, 5.41) is 10.6. The number of aryl methyl sites for hydroxylation is 1. The molecule has 0 spiro atoms. The Kier molecular flexibility index (Phi) is 4.77. The lowest BCUT2D eigenvalue weighted by molar-refractivity contribution is -0.142. The molecule has 154 valence electrons. The van der Waals surface area contributed by atoms with Crippen LogP contribution in [0, 0.1) is 5.92 Å². The minimum absolute atomic E-state index is 0.236. The van der Waals surface area contributed by atoms with Crippen molar-refractivity contribution in [1.82, 2.24) is 9.97 Å². The Morgan fingerprint density at radius 1 is 1.07 bits per heavy atom. The highest BCUT2D eigenvalue weighted by Gasteiger charge is 2.28. The molecular formula is C24H26N4O2. The first-order valence-corrected chi connectivity index (χ1v) is 10.8. The molecule has 0 saturated carbocycles. The molecule has 1 aliphatic carbocycles. The van der Waals surface area contributed by atoms with Crippen molar-refractivity contribution in [2.75, 3.05) is 23.7 Å². The third-order valence-electron chi connectivity index (χ3n) is 6.51. The van der Waals surface area contributed by atoms with Crippen molar-refractivity contribution in [3.63, 3.8) is 0 Å². The molecule has 6 heteroatoms. The molecule has 5 rings (SSSR count). The third-order valence-corrected chi connectivity index (χ3v) is 6.51. The predicted octanol–water partition coefficient (Wildman–Crippen LogP) is 4.06. The summed E-state index contributed by atoms with van der Waals surface area (Å²) in [5.74, 6) is -0.401. The second-order valence-electron chi connectivity index (χ2n) is 8.39. The van der Waals surface area contributed by atoms with E-state index in [1.165, 1.54) is 29.8 Å². The van der Waals surface area contributed by atoms with E-state index in [0.29, 0.717) is 18.7 Å². The lowest BCUT2D eigenvalue weighted by Gasteiger charge is -2.35. The van der Waals surface area contributed by atoms with Crippen LogP contribution in [0.1, 0.15) is 36.9 Å². The SMILES string of the molecule is Nc1cc(-c2ccc3nc4c(c(N5CCC(C(=O)O)CC5)c3c2)CCCC4)ccn1. The zero-order chi connectivity index (χ0) is 20.7. The summed E-state index contributed by atoms with van der Waals surface area (Å²) in [5.41, 5.74) is 12.9. The van der Waals surface area contributed by atoms with E-state index in [-0.39, 0.29) is 5.92 Å². The number of nitrogens with zero attached hydrogens (tertiary/aromatic N) is 3. The van der Waals surface area contributed by atoms with Crippen LogP contribution in [0.3, 0.4) is 0 Å². The Bertz CT molecular complexity index is 1120. The van der Waals surface area contributed by atoms with Crippen molar-refractivity contribution < 1.29 is 9.90 Å². The Morgan fingerprint density at radius 3 is 2.60 bits per heavy atom. The maximum Gasteiger partial charge on any atom is 0.306 e. The highest BCUT2D eigenvalue weighted by Crippen LogP contribution is 2.39. The molecule has 1 fully saturated rings. The number of pyridine rings is 2. The van der Waals surface area contributed by atoms with E-state index < -0.39 is 5.97 Å². The summed E-state index contributed by atoms with van der Waals surface area (Å²) in [6.07, 6.45) is 7.53. The van der Waals surface area contributed by atoms with Crippen LogP contribution in [0.4, 0.5) is 11.5 Å². The van der Waals surface area contributed by atoms with Gasteiger partial charge in [-0.15, -0.1) is 0 Å². The summed E-state index contributed by atoms with van der Waals surface area (Å²) in [6, 6.07) is 10.3. The molecule has 0 unspecified atom stereocenters. The fourth-order valence-corrected chi connectivity index (χ4v) is 4.92. The monoisotopic (exact) mass is 402 g/mol. The summed E-state index contributed by atoms with van der Waals surface area (Å²) >= 11 is 0. The van der Waals surface area contributed by atoms with Crippen LogP contribution in [0.15, 0.2) is 36.5 Å². The number of carbonyl (C=O) groups is 1. The van der Waals surface area contributed by atoms with Gasteiger partial charge in [-0.25, -0.2) is 4.98 Å². The molecular weight excluding hydrogens is 376 g/mol. The Morgan fingerprint density at radius 2 is 1.83 bits per heavy atom. The lowest BCUT2D eigenvalue weighted by atomic mass is 9.89. The number of piperidine rings is 1. The van der Waals surface area contributed by atoms with Crippen molar-refractivity contribution in [2.24, 2.45) is 5.92 Å². The molecule has 3 heterocycles. The number of fused-ring (bicyclic) bond motifs is 2. The van der Waals surface area contributed by atoms with Crippen molar-refractivity contribution in [2.45, 2.75) is 38.5 Å². The fourth-order valence-electron chi connectivity index (χ4n) is 4.92. The number of hydrogen-bond acceptors (Lipinski definition) is 5. The van der Waals surface area contributed by atoms with E-state index >= 15 is 0 Å². The van der Waals surface area contributed by atoms with Gasteiger partial charge in [0.25, 0.3) is 0 Å². The van der Waals surface area contributed by atoms with Gasteiger partial charge in [-0.3, -0.25) is 9.78 Å². The topological polar surface area (TPSA) is 92.3 Å². The zero-order valence-electron chi connectivity index (χ0n) is 17.0. The van der Waals surface area contributed by atoms with Gasteiger partial charge in [0, 0.05) is 30.4 Å². The molecule has 0 bridgehead atoms. The number of nitrogen functional groups attached to an aromatic ring is 1. The summed E-state index contributed by atoms with van der Waals surface area (Å²) in [6.45, 7) is 1.55. The van der Waals surface area contributed by atoms with Crippen LogP contribution in [0.5, 0.6) is 0 Å². The first-order chi connectivity index (χ1) is 14.6. The third kappa shape index (κ3) is 3.36. The van der Waals surface area contributed by atoms with Gasteiger partial charge in [0.1, 0.15) is 5.82 Å². The van der Waals surface area contributed by atoms with Gasteiger partial charge >= 0.3 is 5.97 Å². The molecule has 0 amide bonds. The molecule has 3 aromatic rings.